The van der Waals surface area contributed by atoms with Crippen LogP contribution >= 0.6 is 0 Å². The zero-order chi connectivity index (χ0) is 13.8. The van der Waals surface area contributed by atoms with Crippen molar-refractivity contribution in [2.24, 2.45) is 5.92 Å². The van der Waals surface area contributed by atoms with Crippen molar-refractivity contribution in [2.75, 3.05) is 13.2 Å². The number of aliphatic hydroxyl groups is 1. The molecule has 0 radical (unpaired) electrons. The van der Waals surface area contributed by atoms with Gasteiger partial charge in [0, 0.05) is 24.3 Å². The average Bonchev–Trinajstić information content (AvgIpc) is 2.59. The number of rotatable bonds is 4. The van der Waals surface area contributed by atoms with E-state index in [1.807, 2.05) is 0 Å². The van der Waals surface area contributed by atoms with Crippen LogP contribution in [-0.4, -0.2) is 24.4 Å². The second kappa shape index (κ2) is 6.40. The summed E-state index contributed by atoms with van der Waals surface area (Å²) in [6.07, 6.45) is 2.14. The third kappa shape index (κ3) is 3.48. The van der Waals surface area contributed by atoms with Crippen molar-refractivity contribution < 1.29 is 9.84 Å². The van der Waals surface area contributed by atoms with Crippen molar-refractivity contribution in [3.63, 3.8) is 0 Å². The molecule has 19 heavy (non-hydrogen) atoms. The number of benzene rings is 1. The summed E-state index contributed by atoms with van der Waals surface area (Å²) in [4.78, 5) is 0. The Morgan fingerprint density at radius 3 is 2.95 bits per heavy atom. The van der Waals surface area contributed by atoms with Gasteiger partial charge in [-0.05, 0) is 44.2 Å². The number of fused-ring (bicyclic) bond motifs is 1. The molecule has 2 N–H and O–H groups in total. The third-order valence-electron chi connectivity index (χ3n) is 4.04. The molecule has 3 atom stereocenters. The predicted molar refractivity (Wildman–Crippen MR) is 77.5 cm³/mol. The van der Waals surface area contributed by atoms with Gasteiger partial charge >= 0.3 is 0 Å². The molecule has 3 nitrogen and oxygen atoms in total. The number of nitrogens with one attached hydrogen (secondary N) is 1. The Labute approximate surface area is 116 Å². The maximum Gasteiger partial charge on any atom is 0.124 e. The first-order valence-electron chi connectivity index (χ1n) is 7.22. The lowest BCUT2D eigenvalue weighted by atomic mass is 9.97. The molecule has 0 fully saturated rings. The van der Waals surface area contributed by atoms with Crippen LogP contribution in [-0.2, 0) is 0 Å². The van der Waals surface area contributed by atoms with Crippen molar-refractivity contribution in [1.29, 1.82) is 0 Å². The standard InChI is InChI=1S/C16H25NO2/c1-11-6-7-14-15(17-13(3)12(2)10-18)5-4-8-19-16(14)9-11/h6-7,9,12-13,15,17-18H,4-5,8,10H2,1-3H3. The van der Waals surface area contributed by atoms with Crippen LogP contribution in [0.3, 0.4) is 0 Å². The van der Waals surface area contributed by atoms with Crippen LogP contribution in [0.5, 0.6) is 5.75 Å². The summed E-state index contributed by atoms with van der Waals surface area (Å²) in [5, 5.41) is 12.9. The van der Waals surface area contributed by atoms with Crippen molar-refractivity contribution in [1.82, 2.24) is 5.32 Å². The molecule has 1 heterocycles. The van der Waals surface area contributed by atoms with Crippen molar-refractivity contribution in [3.05, 3.63) is 29.3 Å². The van der Waals surface area contributed by atoms with Crippen LogP contribution in [0.15, 0.2) is 18.2 Å². The summed E-state index contributed by atoms with van der Waals surface area (Å²) in [5.41, 5.74) is 2.48. The number of aryl methyl sites for hydroxylation is 1. The first-order valence-corrected chi connectivity index (χ1v) is 7.22. The first kappa shape index (κ1) is 14.4. The molecule has 1 aliphatic heterocycles. The van der Waals surface area contributed by atoms with Gasteiger partial charge in [0.25, 0.3) is 0 Å². The molecule has 0 aromatic heterocycles. The minimum Gasteiger partial charge on any atom is -0.493 e. The quantitative estimate of drug-likeness (QED) is 0.877. The van der Waals surface area contributed by atoms with Crippen LogP contribution in [0.1, 0.15) is 43.9 Å². The van der Waals surface area contributed by atoms with E-state index in [-0.39, 0.29) is 12.5 Å². The van der Waals surface area contributed by atoms with Crippen LogP contribution in [0, 0.1) is 12.8 Å². The van der Waals surface area contributed by atoms with E-state index in [2.05, 4.69) is 44.3 Å². The second-order valence-electron chi connectivity index (χ2n) is 5.70. The molecule has 2 rings (SSSR count). The summed E-state index contributed by atoms with van der Waals surface area (Å²) in [6, 6.07) is 7.05. The SMILES string of the molecule is Cc1ccc2c(c1)OCCCC2NC(C)C(C)CO. The van der Waals surface area contributed by atoms with Gasteiger partial charge in [0.2, 0.25) is 0 Å². The smallest absolute Gasteiger partial charge is 0.124 e. The number of ether oxygens (including phenoxy) is 1. The fourth-order valence-corrected chi connectivity index (χ4v) is 2.49. The van der Waals surface area contributed by atoms with E-state index in [9.17, 15) is 5.11 Å². The lowest BCUT2D eigenvalue weighted by molar-refractivity contribution is 0.199. The average molecular weight is 263 g/mol. The number of hydrogen-bond donors (Lipinski definition) is 2. The van der Waals surface area contributed by atoms with Crippen LogP contribution in [0.25, 0.3) is 0 Å². The van der Waals surface area contributed by atoms with Crippen LogP contribution in [0.4, 0.5) is 0 Å². The predicted octanol–water partition coefficient (Wildman–Crippen LogP) is 2.82. The molecular formula is C16H25NO2. The zero-order valence-electron chi connectivity index (χ0n) is 12.1. The second-order valence-corrected chi connectivity index (χ2v) is 5.70. The van der Waals surface area contributed by atoms with Gasteiger partial charge in [0.15, 0.2) is 0 Å². The van der Waals surface area contributed by atoms with Gasteiger partial charge in [-0.1, -0.05) is 19.1 Å². The molecule has 0 saturated heterocycles. The maximum absolute atomic E-state index is 9.26. The molecule has 0 saturated carbocycles. The number of hydrogen-bond acceptors (Lipinski definition) is 3. The Morgan fingerprint density at radius 1 is 1.42 bits per heavy atom. The monoisotopic (exact) mass is 263 g/mol. The minimum atomic E-state index is 0.220. The highest BCUT2D eigenvalue weighted by Crippen LogP contribution is 2.32. The highest BCUT2D eigenvalue weighted by atomic mass is 16.5. The fraction of sp³-hybridized carbons (Fsp3) is 0.625. The van der Waals surface area contributed by atoms with Gasteiger partial charge < -0.3 is 15.2 Å². The van der Waals surface area contributed by atoms with Gasteiger partial charge in [-0.25, -0.2) is 0 Å². The van der Waals surface area contributed by atoms with E-state index in [0.29, 0.717) is 12.1 Å². The lowest BCUT2D eigenvalue weighted by Crippen LogP contribution is -2.36. The van der Waals surface area contributed by atoms with E-state index >= 15 is 0 Å². The number of aliphatic hydroxyl groups excluding tert-OH is 1. The summed E-state index contributed by atoms with van der Waals surface area (Å²) < 4.78 is 5.84. The van der Waals surface area contributed by atoms with Gasteiger partial charge in [-0.2, -0.15) is 0 Å². The van der Waals surface area contributed by atoms with Gasteiger partial charge in [0.05, 0.1) is 6.61 Å². The zero-order valence-corrected chi connectivity index (χ0v) is 12.1. The van der Waals surface area contributed by atoms with Crippen molar-refractivity contribution in [2.45, 2.75) is 45.7 Å². The lowest BCUT2D eigenvalue weighted by Gasteiger charge is -2.26. The van der Waals surface area contributed by atoms with E-state index in [4.69, 9.17) is 4.74 Å². The summed E-state index contributed by atoms with van der Waals surface area (Å²) >= 11 is 0. The Bertz CT molecular complexity index is 419. The molecule has 3 unspecified atom stereocenters. The molecule has 3 heteroatoms. The molecule has 1 aromatic carbocycles. The molecule has 0 amide bonds. The molecule has 106 valence electrons. The highest BCUT2D eigenvalue weighted by Gasteiger charge is 2.22. The normalized spacial score (nSPS) is 22.0. The Balaban J connectivity index is 2.17. The summed E-state index contributed by atoms with van der Waals surface area (Å²) in [7, 11) is 0. The molecule has 1 aromatic rings. The van der Waals surface area contributed by atoms with E-state index in [1.165, 1.54) is 11.1 Å². The molecule has 0 spiro atoms. The minimum absolute atomic E-state index is 0.220. The Kier molecular flexibility index (Phi) is 4.83. The summed E-state index contributed by atoms with van der Waals surface area (Å²) in [5.74, 6) is 1.27. The molecule has 0 bridgehead atoms. The van der Waals surface area contributed by atoms with Crippen LogP contribution in [0.2, 0.25) is 0 Å². The Hall–Kier alpha value is -1.06. The van der Waals surface area contributed by atoms with Crippen LogP contribution < -0.4 is 10.1 Å². The molecular weight excluding hydrogens is 238 g/mol. The van der Waals surface area contributed by atoms with E-state index in [1.54, 1.807) is 0 Å². The Morgan fingerprint density at radius 2 is 2.21 bits per heavy atom. The highest BCUT2D eigenvalue weighted by molar-refractivity contribution is 5.40. The third-order valence-corrected chi connectivity index (χ3v) is 4.04. The van der Waals surface area contributed by atoms with Crippen molar-refractivity contribution >= 4 is 0 Å². The van der Waals surface area contributed by atoms with Crippen molar-refractivity contribution in [3.8, 4) is 5.75 Å². The fourth-order valence-electron chi connectivity index (χ4n) is 2.49. The van der Waals surface area contributed by atoms with Gasteiger partial charge in [0.1, 0.15) is 5.75 Å². The first-order chi connectivity index (χ1) is 9.11. The molecule has 0 aliphatic carbocycles. The van der Waals surface area contributed by atoms with Gasteiger partial charge in [-0.15, -0.1) is 0 Å². The maximum atomic E-state index is 9.26. The van der Waals surface area contributed by atoms with E-state index in [0.717, 1.165) is 25.2 Å². The molecule has 1 aliphatic rings. The van der Waals surface area contributed by atoms with E-state index < -0.39 is 0 Å². The topological polar surface area (TPSA) is 41.5 Å². The van der Waals surface area contributed by atoms with Gasteiger partial charge in [-0.3, -0.25) is 0 Å². The largest absolute Gasteiger partial charge is 0.493 e. The summed E-state index contributed by atoms with van der Waals surface area (Å²) in [6.45, 7) is 7.31.